The Morgan fingerprint density at radius 3 is 2.81 bits per heavy atom. The zero-order valence-electron chi connectivity index (χ0n) is 9.04. The second-order valence-corrected chi connectivity index (χ2v) is 4.14. The standard InChI is InChI=1S/C12H14ClFO2/c1-8(16)9(5-6-15)7-10-3-2-4-11(13)12(10)14/h2-4,9,15H,5-7H2,1H3. The summed E-state index contributed by atoms with van der Waals surface area (Å²) in [6, 6.07) is 4.72. The van der Waals surface area contributed by atoms with Crippen LogP contribution in [0.25, 0.3) is 0 Å². The van der Waals surface area contributed by atoms with Crippen molar-refractivity contribution in [3.63, 3.8) is 0 Å². The highest BCUT2D eigenvalue weighted by Gasteiger charge is 2.17. The first-order valence-electron chi connectivity index (χ1n) is 5.10. The lowest BCUT2D eigenvalue weighted by atomic mass is 9.93. The molecule has 0 aromatic heterocycles. The van der Waals surface area contributed by atoms with Gasteiger partial charge in [0.15, 0.2) is 0 Å². The summed E-state index contributed by atoms with van der Waals surface area (Å²) >= 11 is 5.64. The Balaban J connectivity index is 2.85. The smallest absolute Gasteiger partial charge is 0.144 e. The molecule has 0 radical (unpaired) electrons. The lowest BCUT2D eigenvalue weighted by Crippen LogP contribution is -2.16. The molecule has 0 aliphatic heterocycles. The average Bonchev–Trinajstić information content (AvgIpc) is 2.23. The van der Waals surface area contributed by atoms with Crippen molar-refractivity contribution in [2.45, 2.75) is 19.8 Å². The van der Waals surface area contributed by atoms with Crippen LogP contribution in [0.4, 0.5) is 4.39 Å². The number of ketones is 1. The molecule has 0 fully saturated rings. The van der Waals surface area contributed by atoms with E-state index < -0.39 is 5.82 Å². The molecule has 0 aliphatic rings. The molecule has 1 aromatic carbocycles. The van der Waals surface area contributed by atoms with E-state index in [1.165, 1.54) is 13.0 Å². The zero-order valence-corrected chi connectivity index (χ0v) is 9.80. The van der Waals surface area contributed by atoms with E-state index >= 15 is 0 Å². The van der Waals surface area contributed by atoms with E-state index in [9.17, 15) is 9.18 Å². The van der Waals surface area contributed by atoms with Gasteiger partial charge in [-0.2, -0.15) is 0 Å². The lowest BCUT2D eigenvalue weighted by Gasteiger charge is -2.13. The van der Waals surface area contributed by atoms with Crippen LogP contribution in [-0.4, -0.2) is 17.5 Å². The van der Waals surface area contributed by atoms with Crippen LogP contribution in [0, 0.1) is 11.7 Å². The lowest BCUT2D eigenvalue weighted by molar-refractivity contribution is -0.121. The van der Waals surface area contributed by atoms with E-state index in [4.69, 9.17) is 16.7 Å². The second kappa shape index (κ2) is 5.97. The predicted octanol–water partition coefficient (Wildman–Crippen LogP) is 2.61. The maximum absolute atomic E-state index is 13.6. The summed E-state index contributed by atoms with van der Waals surface area (Å²) in [6.45, 7) is 1.37. The molecule has 2 nitrogen and oxygen atoms in total. The number of Topliss-reactive ketones (excluding diaryl/α,β-unsaturated/α-hetero) is 1. The molecule has 1 unspecified atom stereocenters. The summed E-state index contributed by atoms with van der Waals surface area (Å²) < 4.78 is 13.6. The van der Waals surface area contributed by atoms with Gasteiger partial charge in [0, 0.05) is 12.5 Å². The maximum atomic E-state index is 13.6. The maximum Gasteiger partial charge on any atom is 0.144 e. The molecular weight excluding hydrogens is 231 g/mol. The second-order valence-electron chi connectivity index (χ2n) is 3.74. The number of carbonyl (C=O) groups is 1. The van der Waals surface area contributed by atoms with Crippen molar-refractivity contribution in [3.8, 4) is 0 Å². The van der Waals surface area contributed by atoms with Crippen LogP contribution in [-0.2, 0) is 11.2 Å². The molecular formula is C12H14ClFO2. The van der Waals surface area contributed by atoms with Crippen LogP contribution in [0.5, 0.6) is 0 Å². The minimum atomic E-state index is -0.478. The molecule has 0 amide bonds. The number of carbonyl (C=O) groups excluding carboxylic acids is 1. The summed E-state index contributed by atoms with van der Waals surface area (Å²) in [5, 5.41) is 8.87. The van der Waals surface area contributed by atoms with Crippen LogP contribution in [0.1, 0.15) is 18.9 Å². The summed E-state index contributed by atoms with van der Waals surface area (Å²) in [5.41, 5.74) is 0.418. The summed E-state index contributed by atoms with van der Waals surface area (Å²) in [7, 11) is 0. The highest BCUT2D eigenvalue weighted by Crippen LogP contribution is 2.21. The average molecular weight is 245 g/mol. The highest BCUT2D eigenvalue weighted by atomic mass is 35.5. The fraction of sp³-hybridized carbons (Fsp3) is 0.417. The molecule has 1 N–H and O–H groups in total. The number of benzene rings is 1. The topological polar surface area (TPSA) is 37.3 Å². The third kappa shape index (κ3) is 3.29. The van der Waals surface area contributed by atoms with Gasteiger partial charge in [0.1, 0.15) is 11.6 Å². The number of rotatable bonds is 5. The normalized spacial score (nSPS) is 12.5. The minimum absolute atomic E-state index is 0.0478. The van der Waals surface area contributed by atoms with Gasteiger partial charge in [-0.05, 0) is 31.4 Å². The molecule has 1 aromatic rings. The van der Waals surface area contributed by atoms with Crippen molar-refractivity contribution in [3.05, 3.63) is 34.6 Å². The van der Waals surface area contributed by atoms with E-state index in [-0.39, 0.29) is 29.8 Å². The fourth-order valence-electron chi connectivity index (χ4n) is 1.58. The zero-order chi connectivity index (χ0) is 12.1. The van der Waals surface area contributed by atoms with E-state index in [0.29, 0.717) is 12.0 Å². The number of halogens is 2. The van der Waals surface area contributed by atoms with Crippen molar-refractivity contribution in [1.29, 1.82) is 0 Å². The molecule has 0 bridgehead atoms. The van der Waals surface area contributed by atoms with Gasteiger partial charge in [-0.15, -0.1) is 0 Å². The Labute approximate surface area is 99.0 Å². The molecule has 1 atom stereocenters. The quantitative estimate of drug-likeness (QED) is 0.865. The monoisotopic (exact) mass is 244 g/mol. The Hall–Kier alpha value is -0.930. The van der Waals surface area contributed by atoms with E-state index in [1.54, 1.807) is 12.1 Å². The molecule has 0 heterocycles. The van der Waals surface area contributed by atoms with Crippen LogP contribution < -0.4 is 0 Å². The number of aliphatic hydroxyl groups excluding tert-OH is 1. The Bertz CT molecular complexity index is 379. The SMILES string of the molecule is CC(=O)C(CCO)Cc1cccc(Cl)c1F. The Morgan fingerprint density at radius 2 is 2.25 bits per heavy atom. The molecule has 0 saturated carbocycles. The molecule has 0 aliphatic carbocycles. The van der Waals surface area contributed by atoms with Crippen LogP contribution in [0.2, 0.25) is 5.02 Å². The van der Waals surface area contributed by atoms with Gasteiger partial charge in [-0.25, -0.2) is 4.39 Å². The summed E-state index contributed by atoms with van der Waals surface area (Å²) in [6.07, 6.45) is 0.629. The van der Waals surface area contributed by atoms with Crippen molar-refractivity contribution < 1.29 is 14.3 Å². The molecule has 88 valence electrons. The third-order valence-electron chi connectivity index (χ3n) is 2.55. The molecule has 0 spiro atoms. The van der Waals surface area contributed by atoms with Crippen LogP contribution in [0.3, 0.4) is 0 Å². The van der Waals surface area contributed by atoms with Crippen LogP contribution in [0.15, 0.2) is 18.2 Å². The van der Waals surface area contributed by atoms with Gasteiger partial charge in [-0.1, -0.05) is 23.7 Å². The number of aliphatic hydroxyl groups is 1. The summed E-state index contributed by atoms with van der Waals surface area (Å²) in [4.78, 5) is 11.3. The van der Waals surface area contributed by atoms with Crippen molar-refractivity contribution in [2.75, 3.05) is 6.61 Å². The van der Waals surface area contributed by atoms with Gasteiger partial charge >= 0.3 is 0 Å². The van der Waals surface area contributed by atoms with Crippen LogP contribution >= 0.6 is 11.6 Å². The van der Waals surface area contributed by atoms with Crippen molar-refractivity contribution >= 4 is 17.4 Å². The van der Waals surface area contributed by atoms with Gasteiger partial charge in [-0.3, -0.25) is 4.79 Å². The summed E-state index contributed by atoms with van der Waals surface area (Å²) in [5.74, 6) is -0.875. The molecule has 0 saturated heterocycles. The van der Waals surface area contributed by atoms with Crippen molar-refractivity contribution in [2.24, 2.45) is 5.92 Å². The first-order chi connectivity index (χ1) is 7.56. The van der Waals surface area contributed by atoms with E-state index in [1.807, 2.05) is 0 Å². The van der Waals surface area contributed by atoms with Crippen molar-refractivity contribution in [1.82, 2.24) is 0 Å². The number of hydrogen-bond donors (Lipinski definition) is 1. The molecule has 16 heavy (non-hydrogen) atoms. The Kier molecular flexibility index (Phi) is 4.90. The first-order valence-corrected chi connectivity index (χ1v) is 5.48. The third-order valence-corrected chi connectivity index (χ3v) is 2.84. The minimum Gasteiger partial charge on any atom is -0.396 e. The molecule has 1 rings (SSSR count). The van der Waals surface area contributed by atoms with E-state index in [0.717, 1.165) is 0 Å². The highest BCUT2D eigenvalue weighted by molar-refractivity contribution is 6.30. The number of hydrogen-bond acceptors (Lipinski definition) is 2. The van der Waals surface area contributed by atoms with Gasteiger partial charge in [0.2, 0.25) is 0 Å². The van der Waals surface area contributed by atoms with Gasteiger partial charge in [0.05, 0.1) is 5.02 Å². The molecule has 4 heteroatoms. The largest absolute Gasteiger partial charge is 0.396 e. The first kappa shape index (κ1) is 13.1. The van der Waals surface area contributed by atoms with Gasteiger partial charge in [0.25, 0.3) is 0 Å². The predicted molar refractivity (Wildman–Crippen MR) is 61.0 cm³/mol. The Morgan fingerprint density at radius 1 is 1.56 bits per heavy atom. The van der Waals surface area contributed by atoms with Gasteiger partial charge < -0.3 is 5.11 Å². The van der Waals surface area contributed by atoms with E-state index in [2.05, 4.69) is 0 Å². The fourth-order valence-corrected chi connectivity index (χ4v) is 1.77.